The zero-order chi connectivity index (χ0) is 8.69. The number of carboxylic acid groups (broad SMARTS) is 1. The lowest BCUT2D eigenvalue weighted by molar-refractivity contribution is -0.131. The highest BCUT2D eigenvalue weighted by atomic mass is 32.2. The maximum atomic E-state index is 9.93. The van der Waals surface area contributed by atoms with Crippen LogP contribution in [0.4, 0.5) is 0 Å². The van der Waals surface area contributed by atoms with Gasteiger partial charge in [0.2, 0.25) is 0 Å². The van der Waals surface area contributed by atoms with Gasteiger partial charge in [0.15, 0.2) is 0 Å². The van der Waals surface area contributed by atoms with Crippen LogP contribution in [0.2, 0.25) is 0 Å². The molecule has 0 atom stereocenters. The van der Waals surface area contributed by atoms with Gasteiger partial charge in [0.05, 0.1) is 11.5 Å². The lowest BCUT2D eigenvalue weighted by Crippen LogP contribution is -1.87. The molecular weight excluding hydrogens is 164 g/mol. The van der Waals surface area contributed by atoms with Crippen molar-refractivity contribution in [2.45, 2.75) is 0 Å². The summed E-state index contributed by atoms with van der Waals surface area (Å²) in [5.41, 5.74) is 0. The highest BCUT2D eigenvalue weighted by molar-refractivity contribution is 7.99. The molecule has 0 aromatic carbocycles. The molecule has 2 N–H and O–H groups in total. The molecule has 4 heteroatoms. The van der Waals surface area contributed by atoms with Gasteiger partial charge < -0.3 is 10.2 Å². The molecule has 0 aromatic heterocycles. The van der Waals surface area contributed by atoms with Crippen LogP contribution in [-0.2, 0) is 4.79 Å². The molecule has 62 valence electrons. The number of aliphatic hydroxyl groups excluding tert-OH is 1. The summed E-state index contributed by atoms with van der Waals surface area (Å²) < 4.78 is 0. The van der Waals surface area contributed by atoms with Crippen molar-refractivity contribution in [2.24, 2.45) is 0 Å². The van der Waals surface area contributed by atoms with Crippen LogP contribution in [0.15, 0.2) is 24.5 Å². The molecule has 0 fully saturated rings. The van der Waals surface area contributed by atoms with Crippen LogP contribution in [0.1, 0.15) is 0 Å². The Balaban J connectivity index is 3.27. The van der Waals surface area contributed by atoms with Crippen molar-refractivity contribution in [1.82, 2.24) is 0 Å². The maximum Gasteiger partial charge on any atom is 0.328 e. The zero-order valence-electron chi connectivity index (χ0n) is 5.99. The molecule has 11 heavy (non-hydrogen) atoms. The number of aliphatic hydroxyl groups is 1. The summed E-state index contributed by atoms with van der Waals surface area (Å²) >= 11 is 1.40. The number of carboxylic acids is 1. The molecule has 0 amide bonds. The summed E-state index contributed by atoms with van der Waals surface area (Å²) in [7, 11) is 0. The highest BCUT2D eigenvalue weighted by Crippen LogP contribution is 2.03. The molecule has 0 aliphatic heterocycles. The Hall–Kier alpha value is -0.900. The second-order valence-corrected chi connectivity index (χ2v) is 2.85. The Morgan fingerprint density at radius 3 is 2.64 bits per heavy atom. The van der Waals surface area contributed by atoms with Crippen molar-refractivity contribution >= 4 is 17.7 Å². The molecule has 0 aliphatic rings. The van der Waals surface area contributed by atoms with Gasteiger partial charge in [0.1, 0.15) is 0 Å². The van der Waals surface area contributed by atoms with Crippen molar-refractivity contribution in [3.63, 3.8) is 0 Å². The largest absolute Gasteiger partial charge is 0.512 e. The second-order valence-electron chi connectivity index (χ2n) is 1.82. The molecule has 0 saturated carbocycles. The Bertz CT molecular complexity index is 175. The number of aliphatic carboxylic acids is 1. The predicted molar refractivity (Wildman–Crippen MR) is 45.9 cm³/mol. The van der Waals surface area contributed by atoms with Crippen molar-refractivity contribution in [2.75, 3.05) is 11.5 Å². The van der Waals surface area contributed by atoms with Crippen LogP contribution in [0.5, 0.6) is 0 Å². The molecular formula is C7H10O3S. The predicted octanol–water partition coefficient (Wildman–Crippen LogP) is 1.43. The topological polar surface area (TPSA) is 57.5 Å². The first kappa shape index (κ1) is 10.1. The Labute approximate surface area is 69.4 Å². The first-order chi connectivity index (χ1) is 5.13. The van der Waals surface area contributed by atoms with Crippen LogP contribution in [0.25, 0.3) is 0 Å². The van der Waals surface area contributed by atoms with Gasteiger partial charge >= 0.3 is 5.97 Å². The summed E-state index contributed by atoms with van der Waals surface area (Å²) in [4.78, 5) is 9.93. The van der Waals surface area contributed by atoms with Gasteiger partial charge in [-0.1, -0.05) is 12.7 Å². The third-order valence-corrected chi connectivity index (χ3v) is 1.71. The van der Waals surface area contributed by atoms with E-state index in [1.165, 1.54) is 17.8 Å². The fourth-order valence-corrected chi connectivity index (χ4v) is 0.979. The third kappa shape index (κ3) is 9.10. The zero-order valence-corrected chi connectivity index (χ0v) is 6.80. The molecule has 0 aromatic rings. The minimum Gasteiger partial charge on any atom is -0.512 e. The number of rotatable bonds is 5. The van der Waals surface area contributed by atoms with Crippen molar-refractivity contribution < 1.29 is 15.0 Å². The van der Waals surface area contributed by atoms with Crippen LogP contribution < -0.4 is 0 Å². The number of thioether (sulfide) groups is 1. The first-order valence-corrected chi connectivity index (χ1v) is 4.12. The van der Waals surface area contributed by atoms with E-state index >= 15 is 0 Å². The van der Waals surface area contributed by atoms with Gasteiger partial charge in [-0.3, -0.25) is 0 Å². The number of carbonyl (C=O) groups is 1. The molecule has 0 heterocycles. The van der Waals surface area contributed by atoms with Gasteiger partial charge in [-0.25, -0.2) is 4.79 Å². The molecule has 0 saturated heterocycles. The fraction of sp³-hybridized carbons (Fsp3) is 0.286. The van der Waals surface area contributed by atoms with Crippen molar-refractivity contribution in [3.8, 4) is 0 Å². The van der Waals surface area contributed by atoms with Gasteiger partial charge in [-0.2, -0.15) is 0 Å². The van der Waals surface area contributed by atoms with Gasteiger partial charge in [0.25, 0.3) is 0 Å². The van der Waals surface area contributed by atoms with E-state index in [1.807, 2.05) is 0 Å². The van der Waals surface area contributed by atoms with Crippen LogP contribution in [0.3, 0.4) is 0 Å². The highest BCUT2D eigenvalue weighted by Gasteiger charge is 1.88. The summed E-state index contributed by atoms with van der Waals surface area (Å²) in [5, 5.41) is 16.8. The van der Waals surface area contributed by atoms with Gasteiger partial charge in [0, 0.05) is 11.8 Å². The van der Waals surface area contributed by atoms with Crippen LogP contribution in [0, 0.1) is 0 Å². The summed E-state index contributed by atoms with van der Waals surface area (Å²) in [6.07, 6.45) is 2.60. The smallest absolute Gasteiger partial charge is 0.328 e. The van der Waals surface area contributed by atoms with E-state index in [2.05, 4.69) is 6.58 Å². The molecule has 0 bridgehead atoms. The fourth-order valence-electron chi connectivity index (χ4n) is 0.394. The van der Waals surface area contributed by atoms with E-state index in [-0.39, 0.29) is 5.76 Å². The van der Waals surface area contributed by atoms with E-state index in [4.69, 9.17) is 10.2 Å². The van der Waals surface area contributed by atoms with E-state index < -0.39 is 5.97 Å². The Morgan fingerprint density at radius 1 is 1.55 bits per heavy atom. The molecule has 0 rings (SSSR count). The Kier molecular flexibility index (Phi) is 5.37. The normalized spacial score (nSPS) is 10.2. The molecule has 0 aliphatic carbocycles. The van der Waals surface area contributed by atoms with Crippen molar-refractivity contribution in [3.05, 3.63) is 24.5 Å². The SMILES string of the molecule is C=C(O)CSCC=CC(=O)O. The maximum absolute atomic E-state index is 9.93. The monoisotopic (exact) mass is 174 g/mol. The summed E-state index contributed by atoms with van der Waals surface area (Å²) in [6, 6.07) is 0. The molecule has 0 radical (unpaired) electrons. The van der Waals surface area contributed by atoms with Crippen molar-refractivity contribution in [1.29, 1.82) is 0 Å². The number of hydrogen-bond acceptors (Lipinski definition) is 3. The minimum absolute atomic E-state index is 0.110. The number of hydrogen-bond donors (Lipinski definition) is 2. The van der Waals surface area contributed by atoms with Crippen LogP contribution in [-0.4, -0.2) is 27.7 Å². The van der Waals surface area contributed by atoms with Gasteiger partial charge in [-0.15, -0.1) is 11.8 Å². The minimum atomic E-state index is -0.951. The van der Waals surface area contributed by atoms with Crippen LogP contribution >= 0.6 is 11.8 Å². The molecule has 0 spiro atoms. The molecule has 3 nitrogen and oxygen atoms in total. The standard InChI is InChI=1S/C7H10O3S/c1-6(8)5-11-4-2-3-7(9)10/h2-3,8H,1,4-5H2,(H,9,10). The summed E-state index contributed by atoms with van der Waals surface area (Å²) in [6.45, 7) is 3.28. The average molecular weight is 174 g/mol. The van der Waals surface area contributed by atoms with Gasteiger partial charge in [-0.05, 0) is 0 Å². The quantitative estimate of drug-likeness (QED) is 0.376. The Morgan fingerprint density at radius 2 is 2.18 bits per heavy atom. The van der Waals surface area contributed by atoms with E-state index in [0.717, 1.165) is 6.08 Å². The lowest BCUT2D eigenvalue weighted by atomic mass is 10.5. The molecule has 0 unspecified atom stereocenters. The van der Waals surface area contributed by atoms with E-state index in [9.17, 15) is 4.79 Å². The third-order valence-electron chi connectivity index (χ3n) is 0.743. The lowest BCUT2D eigenvalue weighted by Gasteiger charge is -1.93. The van der Waals surface area contributed by atoms with E-state index in [0.29, 0.717) is 11.5 Å². The average Bonchev–Trinajstić information content (AvgIpc) is 1.85. The first-order valence-electron chi connectivity index (χ1n) is 2.97. The summed E-state index contributed by atoms with van der Waals surface area (Å²) in [5.74, 6) is 0.183. The van der Waals surface area contributed by atoms with E-state index in [1.54, 1.807) is 0 Å². The second kappa shape index (κ2) is 5.85.